The number of ether oxygens (including phenoxy) is 1. The van der Waals surface area contributed by atoms with Crippen LogP contribution in [-0.4, -0.2) is 24.1 Å². The Labute approximate surface area is 99.1 Å². The number of benzene rings is 1. The number of hydrogen-bond acceptors (Lipinski definition) is 4. The minimum Gasteiger partial charge on any atom is -0.497 e. The molecule has 92 valence electrons. The van der Waals surface area contributed by atoms with Crippen LogP contribution >= 0.6 is 0 Å². The predicted molar refractivity (Wildman–Crippen MR) is 62.9 cm³/mol. The van der Waals surface area contributed by atoms with E-state index in [1.807, 2.05) is 24.3 Å². The molecule has 0 aliphatic carbocycles. The molecule has 0 radical (unpaired) electrons. The van der Waals surface area contributed by atoms with E-state index in [9.17, 15) is 4.79 Å². The van der Waals surface area contributed by atoms with Crippen molar-refractivity contribution in [1.29, 1.82) is 0 Å². The Bertz CT molecular complexity index is 401. The van der Waals surface area contributed by atoms with Crippen molar-refractivity contribution in [2.75, 3.05) is 7.11 Å². The zero-order valence-corrected chi connectivity index (χ0v) is 9.51. The van der Waals surface area contributed by atoms with Gasteiger partial charge in [0, 0.05) is 6.54 Å². The molecule has 1 rings (SSSR count). The van der Waals surface area contributed by atoms with Crippen LogP contribution in [-0.2, 0) is 11.3 Å². The van der Waals surface area contributed by atoms with E-state index in [1.165, 1.54) is 0 Å². The van der Waals surface area contributed by atoms with E-state index in [2.05, 4.69) is 10.5 Å². The molecule has 6 nitrogen and oxygen atoms in total. The van der Waals surface area contributed by atoms with Gasteiger partial charge in [0.25, 0.3) is 0 Å². The number of nitrogens with zero attached hydrogens (tertiary/aromatic N) is 1. The second kappa shape index (κ2) is 6.37. The highest BCUT2D eigenvalue weighted by Crippen LogP contribution is 2.10. The summed E-state index contributed by atoms with van der Waals surface area (Å²) in [5, 5.41) is 13.7. The van der Waals surface area contributed by atoms with Crippen molar-refractivity contribution in [2.45, 2.75) is 13.0 Å². The van der Waals surface area contributed by atoms with Gasteiger partial charge >= 0.3 is 0 Å². The summed E-state index contributed by atoms with van der Waals surface area (Å²) < 4.78 is 5.01. The van der Waals surface area contributed by atoms with Crippen molar-refractivity contribution in [3.8, 4) is 5.75 Å². The Morgan fingerprint density at radius 2 is 2.12 bits per heavy atom. The van der Waals surface area contributed by atoms with Gasteiger partial charge in [0.05, 0.1) is 13.5 Å². The molecule has 0 saturated heterocycles. The van der Waals surface area contributed by atoms with Crippen LogP contribution < -0.4 is 15.8 Å². The first-order valence-corrected chi connectivity index (χ1v) is 5.01. The van der Waals surface area contributed by atoms with Gasteiger partial charge in [-0.2, -0.15) is 0 Å². The Kier molecular flexibility index (Phi) is 4.80. The molecule has 6 heteroatoms. The van der Waals surface area contributed by atoms with Crippen LogP contribution in [0.4, 0.5) is 0 Å². The maximum atomic E-state index is 11.3. The molecule has 0 aliphatic rings. The maximum Gasteiger partial charge on any atom is 0.227 e. The van der Waals surface area contributed by atoms with Gasteiger partial charge in [-0.25, -0.2) is 0 Å². The van der Waals surface area contributed by atoms with Gasteiger partial charge in [0.15, 0.2) is 0 Å². The Hall–Kier alpha value is -2.24. The van der Waals surface area contributed by atoms with E-state index in [0.717, 1.165) is 11.3 Å². The lowest BCUT2D eigenvalue weighted by molar-refractivity contribution is -0.120. The number of rotatable bonds is 5. The lowest BCUT2D eigenvalue weighted by atomic mass is 10.2. The first-order chi connectivity index (χ1) is 8.15. The fraction of sp³-hybridized carbons (Fsp3) is 0.273. The number of amidine groups is 1. The van der Waals surface area contributed by atoms with Crippen LogP contribution in [0, 0.1) is 0 Å². The number of nitrogens with one attached hydrogen (secondary N) is 1. The van der Waals surface area contributed by atoms with Crippen LogP contribution in [0.1, 0.15) is 12.0 Å². The molecule has 4 N–H and O–H groups in total. The van der Waals surface area contributed by atoms with Crippen LogP contribution in [0.2, 0.25) is 0 Å². The number of carbonyl (C=O) groups excluding carboxylic acids is 1. The molecule has 0 spiro atoms. The SMILES string of the molecule is COc1ccc(CNC(=O)C/C(N)=N/O)cc1. The van der Waals surface area contributed by atoms with Gasteiger partial charge < -0.3 is 21.0 Å². The topological polar surface area (TPSA) is 96.9 Å². The predicted octanol–water partition coefficient (Wildman–Crippen LogP) is 0.448. The third-order valence-electron chi connectivity index (χ3n) is 2.12. The Morgan fingerprint density at radius 1 is 1.47 bits per heavy atom. The summed E-state index contributed by atoms with van der Waals surface area (Å²) in [7, 11) is 1.59. The standard InChI is InChI=1S/C11H15N3O3/c1-17-9-4-2-8(3-5-9)7-13-11(15)6-10(12)14-16/h2-5,16H,6-7H2,1H3,(H2,12,14)(H,13,15). The van der Waals surface area contributed by atoms with Gasteiger partial charge in [-0.1, -0.05) is 17.3 Å². The highest BCUT2D eigenvalue weighted by atomic mass is 16.5. The number of oxime groups is 1. The van der Waals surface area contributed by atoms with Crippen molar-refractivity contribution in [3.05, 3.63) is 29.8 Å². The summed E-state index contributed by atoms with van der Waals surface area (Å²) in [4.78, 5) is 11.3. The highest BCUT2D eigenvalue weighted by molar-refractivity contribution is 5.98. The summed E-state index contributed by atoms with van der Waals surface area (Å²) in [6.45, 7) is 0.390. The average molecular weight is 237 g/mol. The summed E-state index contributed by atoms with van der Waals surface area (Å²) in [5.41, 5.74) is 6.15. The summed E-state index contributed by atoms with van der Waals surface area (Å²) in [6.07, 6.45) is -0.118. The molecular formula is C11H15N3O3. The number of carbonyl (C=O) groups is 1. The van der Waals surface area contributed by atoms with Gasteiger partial charge in [-0.15, -0.1) is 0 Å². The van der Waals surface area contributed by atoms with Gasteiger partial charge in [-0.05, 0) is 17.7 Å². The van der Waals surface area contributed by atoms with Crippen molar-refractivity contribution < 1.29 is 14.7 Å². The molecule has 1 amide bonds. The van der Waals surface area contributed by atoms with Crippen LogP contribution in [0.3, 0.4) is 0 Å². The zero-order chi connectivity index (χ0) is 12.7. The van der Waals surface area contributed by atoms with E-state index in [0.29, 0.717) is 6.54 Å². The third-order valence-corrected chi connectivity index (χ3v) is 2.12. The van der Waals surface area contributed by atoms with E-state index in [-0.39, 0.29) is 18.2 Å². The quantitative estimate of drug-likeness (QED) is 0.300. The third kappa shape index (κ3) is 4.42. The molecule has 0 heterocycles. The molecule has 0 aliphatic heterocycles. The summed E-state index contributed by atoms with van der Waals surface area (Å²) in [6, 6.07) is 7.32. The number of hydrogen-bond donors (Lipinski definition) is 3. The smallest absolute Gasteiger partial charge is 0.227 e. The minimum absolute atomic E-state index is 0.114. The van der Waals surface area contributed by atoms with E-state index in [1.54, 1.807) is 7.11 Å². The molecule has 1 aromatic carbocycles. The van der Waals surface area contributed by atoms with Gasteiger partial charge in [-0.3, -0.25) is 4.79 Å². The van der Waals surface area contributed by atoms with Crippen molar-refractivity contribution in [3.63, 3.8) is 0 Å². The molecule has 0 aromatic heterocycles. The first-order valence-electron chi connectivity index (χ1n) is 5.01. The van der Waals surface area contributed by atoms with Crippen LogP contribution in [0.15, 0.2) is 29.4 Å². The van der Waals surface area contributed by atoms with Gasteiger partial charge in [0.2, 0.25) is 5.91 Å². The molecule has 0 fully saturated rings. The van der Waals surface area contributed by atoms with Gasteiger partial charge in [0.1, 0.15) is 11.6 Å². The largest absolute Gasteiger partial charge is 0.497 e. The number of nitrogens with two attached hydrogens (primary N) is 1. The molecular weight excluding hydrogens is 222 g/mol. The van der Waals surface area contributed by atoms with Crippen LogP contribution in [0.5, 0.6) is 5.75 Å². The van der Waals surface area contributed by atoms with E-state index < -0.39 is 0 Å². The molecule has 0 atom stereocenters. The zero-order valence-electron chi connectivity index (χ0n) is 9.51. The second-order valence-corrected chi connectivity index (χ2v) is 3.39. The van der Waals surface area contributed by atoms with Crippen molar-refractivity contribution >= 4 is 11.7 Å². The lowest BCUT2D eigenvalue weighted by Gasteiger charge is -2.05. The Morgan fingerprint density at radius 3 is 2.65 bits per heavy atom. The van der Waals surface area contributed by atoms with E-state index in [4.69, 9.17) is 15.7 Å². The van der Waals surface area contributed by atoms with E-state index >= 15 is 0 Å². The maximum absolute atomic E-state index is 11.3. The molecule has 0 bridgehead atoms. The second-order valence-electron chi connectivity index (χ2n) is 3.39. The number of amides is 1. The summed E-state index contributed by atoms with van der Waals surface area (Å²) in [5.74, 6) is 0.352. The minimum atomic E-state index is -0.295. The van der Waals surface area contributed by atoms with Crippen LogP contribution in [0.25, 0.3) is 0 Å². The van der Waals surface area contributed by atoms with Crippen molar-refractivity contribution in [1.82, 2.24) is 5.32 Å². The molecule has 17 heavy (non-hydrogen) atoms. The molecule has 1 aromatic rings. The fourth-order valence-electron chi connectivity index (χ4n) is 1.21. The molecule has 0 unspecified atom stereocenters. The number of methoxy groups -OCH3 is 1. The highest BCUT2D eigenvalue weighted by Gasteiger charge is 2.04. The lowest BCUT2D eigenvalue weighted by Crippen LogP contribution is -2.28. The fourth-order valence-corrected chi connectivity index (χ4v) is 1.21. The first kappa shape index (κ1) is 12.8. The average Bonchev–Trinajstić information content (AvgIpc) is 2.36. The van der Waals surface area contributed by atoms with Crippen molar-refractivity contribution in [2.24, 2.45) is 10.9 Å². The Balaban J connectivity index is 2.42. The monoisotopic (exact) mass is 237 g/mol. The summed E-state index contributed by atoms with van der Waals surface area (Å²) >= 11 is 0. The molecule has 0 saturated carbocycles. The normalized spacial score (nSPS) is 11.0.